The number of carbonyl (C=O) groups excluding carboxylic acids is 1. The van der Waals surface area contributed by atoms with Crippen molar-refractivity contribution < 1.29 is 4.79 Å². The van der Waals surface area contributed by atoms with Crippen LogP contribution in [0.25, 0.3) is 0 Å². The smallest absolute Gasteiger partial charge is 0.219 e. The molecule has 0 spiro atoms. The highest BCUT2D eigenvalue weighted by molar-refractivity contribution is 5.73. The standard InChI is InChI=1S/C12H18N2O.C2H6/c1-11(15)13-7-9-14(10-8-13)12-5-3-2-4-6-12;1-2/h3,5-6H,2,4,7-10H2,1H3;1-2H3. The van der Waals surface area contributed by atoms with Gasteiger partial charge < -0.3 is 9.80 Å². The first-order valence-corrected chi connectivity index (χ1v) is 6.64. The van der Waals surface area contributed by atoms with Crippen LogP contribution in [0.5, 0.6) is 0 Å². The molecule has 1 aliphatic carbocycles. The van der Waals surface area contributed by atoms with Gasteiger partial charge in [-0.05, 0) is 18.9 Å². The highest BCUT2D eigenvalue weighted by Gasteiger charge is 2.19. The fourth-order valence-electron chi connectivity index (χ4n) is 2.11. The third kappa shape index (κ3) is 3.91. The van der Waals surface area contributed by atoms with E-state index in [4.69, 9.17) is 0 Å². The molecule has 96 valence electrons. The molecule has 17 heavy (non-hydrogen) atoms. The van der Waals surface area contributed by atoms with Crippen LogP contribution in [0.15, 0.2) is 23.9 Å². The van der Waals surface area contributed by atoms with E-state index in [0.29, 0.717) is 0 Å². The van der Waals surface area contributed by atoms with E-state index in [9.17, 15) is 4.79 Å². The zero-order valence-electron chi connectivity index (χ0n) is 11.3. The van der Waals surface area contributed by atoms with Gasteiger partial charge in [0.15, 0.2) is 0 Å². The molecule has 0 atom stereocenters. The van der Waals surface area contributed by atoms with Crippen molar-refractivity contribution in [2.24, 2.45) is 0 Å². The van der Waals surface area contributed by atoms with Crippen molar-refractivity contribution in [3.8, 4) is 0 Å². The maximum absolute atomic E-state index is 11.2. The molecular formula is C14H24N2O. The molecule has 1 aliphatic heterocycles. The van der Waals surface area contributed by atoms with Gasteiger partial charge in [-0.25, -0.2) is 0 Å². The van der Waals surface area contributed by atoms with Gasteiger partial charge in [-0.2, -0.15) is 0 Å². The van der Waals surface area contributed by atoms with Crippen LogP contribution < -0.4 is 0 Å². The van der Waals surface area contributed by atoms with Crippen LogP contribution in [-0.2, 0) is 4.79 Å². The number of piperazine rings is 1. The third-order valence-corrected chi connectivity index (χ3v) is 3.07. The number of allylic oxidation sites excluding steroid dienone is 3. The maximum Gasteiger partial charge on any atom is 0.219 e. The summed E-state index contributed by atoms with van der Waals surface area (Å²) in [6, 6.07) is 0. The first kappa shape index (κ1) is 13.8. The van der Waals surface area contributed by atoms with E-state index in [0.717, 1.165) is 39.0 Å². The lowest BCUT2D eigenvalue weighted by Gasteiger charge is -2.36. The number of rotatable bonds is 1. The first-order chi connectivity index (χ1) is 8.27. The Morgan fingerprint density at radius 1 is 1.12 bits per heavy atom. The fraction of sp³-hybridized carbons (Fsp3) is 0.643. The van der Waals surface area contributed by atoms with E-state index in [2.05, 4.69) is 23.1 Å². The normalized spacial score (nSPS) is 19.4. The minimum Gasteiger partial charge on any atom is -0.368 e. The lowest BCUT2D eigenvalue weighted by atomic mass is 10.1. The first-order valence-electron chi connectivity index (χ1n) is 6.64. The van der Waals surface area contributed by atoms with Gasteiger partial charge in [0.1, 0.15) is 0 Å². The SMILES string of the molecule is CC.CC(=O)N1CCN(C2=CCCC=C2)CC1. The summed E-state index contributed by atoms with van der Waals surface area (Å²) in [5.41, 5.74) is 1.34. The van der Waals surface area contributed by atoms with Crippen molar-refractivity contribution in [2.45, 2.75) is 33.6 Å². The van der Waals surface area contributed by atoms with Crippen molar-refractivity contribution in [2.75, 3.05) is 26.2 Å². The highest BCUT2D eigenvalue weighted by Crippen LogP contribution is 2.16. The van der Waals surface area contributed by atoms with Crippen LogP contribution in [0.3, 0.4) is 0 Å². The highest BCUT2D eigenvalue weighted by atomic mass is 16.2. The minimum atomic E-state index is 0.197. The van der Waals surface area contributed by atoms with Crippen molar-refractivity contribution in [3.63, 3.8) is 0 Å². The lowest BCUT2D eigenvalue weighted by Crippen LogP contribution is -2.47. The van der Waals surface area contributed by atoms with Crippen LogP contribution in [-0.4, -0.2) is 41.9 Å². The average molecular weight is 236 g/mol. The molecule has 1 heterocycles. The summed E-state index contributed by atoms with van der Waals surface area (Å²) < 4.78 is 0. The summed E-state index contributed by atoms with van der Waals surface area (Å²) in [4.78, 5) is 15.5. The molecular weight excluding hydrogens is 212 g/mol. The number of hydrogen-bond donors (Lipinski definition) is 0. The molecule has 3 heteroatoms. The second-order valence-electron chi connectivity index (χ2n) is 4.10. The Morgan fingerprint density at radius 3 is 2.24 bits per heavy atom. The summed E-state index contributed by atoms with van der Waals surface area (Å²) >= 11 is 0. The van der Waals surface area contributed by atoms with E-state index >= 15 is 0 Å². The van der Waals surface area contributed by atoms with E-state index in [1.807, 2.05) is 18.7 Å². The molecule has 0 radical (unpaired) electrons. The Bertz CT molecular complexity index is 299. The maximum atomic E-state index is 11.2. The van der Waals surface area contributed by atoms with E-state index < -0.39 is 0 Å². The Morgan fingerprint density at radius 2 is 1.76 bits per heavy atom. The van der Waals surface area contributed by atoms with Gasteiger partial charge in [-0.1, -0.05) is 26.0 Å². The molecule has 2 rings (SSSR count). The largest absolute Gasteiger partial charge is 0.368 e. The van der Waals surface area contributed by atoms with E-state index in [-0.39, 0.29) is 5.91 Å². The zero-order chi connectivity index (χ0) is 12.7. The van der Waals surface area contributed by atoms with Gasteiger partial charge in [0.25, 0.3) is 0 Å². The minimum absolute atomic E-state index is 0.197. The summed E-state index contributed by atoms with van der Waals surface area (Å²) in [7, 11) is 0. The van der Waals surface area contributed by atoms with Crippen LogP contribution in [0.4, 0.5) is 0 Å². The molecule has 0 N–H and O–H groups in total. The molecule has 0 unspecified atom stereocenters. The van der Waals surface area contributed by atoms with Crippen LogP contribution in [0, 0.1) is 0 Å². The zero-order valence-corrected chi connectivity index (χ0v) is 11.3. The summed E-state index contributed by atoms with van der Waals surface area (Å²) in [5, 5.41) is 0. The van der Waals surface area contributed by atoms with Gasteiger partial charge in [-0.15, -0.1) is 0 Å². The Hall–Kier alpha value is -1.25. The molecule has 3 nitrogen and oxygen atoms in total. The summed E-state index contributed by atoms with van der Waals surface area (Å²) in [6.07, 6.45) is 9.04. The van der Waals surface area contributed by atoms with Crippen molar-refractivity contribution in [1.82, 2.24) is 9.80 Å². The van der Waals surface area contributed by atoms with Gasteiger partial charge >= 0.3 is 0 Å². The monoisotopic (exact) mass is 236 g/mol. The molecule has 0 saturated carbocycles. The average Bonchev–Trinajstić information content (AvgIpc) is 2.42. The molecule has 1 amide bonds. The number of amides is 1. The molecule has 0 bridgehead atoms. The Balaban J connectivity index is 0.000000686. The third-order valence-electron chi connectivity index (χ3n) is 3.07. The van der Waals surface area contributed by atoms with Gasteiger partial charge in [0.05, 0.1) is 0 Å². The second kappa shape index (κ2) is 7.15. The fourth-order valence-corrected chi connectivity index (χ4v) is 2.11. The van der Waals surface area contributed by atoms with Crippen LogP contribution in [0.2, 0.25) is 0 Å². The molecule has 0 aromatic heterocycles. The van der Waals surface area contributed by atoms with E-state index in [1.165, 1.54) is 5.70 Å². The molecule has 1 saturated heterocycles. The Kier molecular flexibility index (Phi) is 5.81. The van der Waals surface area contributed by atoms with Crippen molar-refractivity contribution in [1.29, 1.82) is 0 Å². The second-order valence-corrected chi connectivity index (χ2v) is 4.10. The summed E-state index contributed by atoms with van der Waals surface area (Å²) in [5.74, 6) is 0.197. The molecule has 0 aromatic rings. The van der Waals surface area contributed by atoms with Crippen molar-refractivity contribution >= 4 is 5.91 Å². The van der Waals surface area contributed by atoms with Gasteiger partial charge in [0, 0.05) is 38.8 Å². The topological polar surface area (TPSA) is 23.6 Å². The van der Waals surface area contributed by atoms with E-state index in [1.54, 1.807) is 6.92 Å². The van der Waals surface area contributed by atoms with Gasteiger partial charge in [-0.3, -0.25) is 4.79 Å². The predicted octanol–water partition coefficient (Wildman–Crippen LogP) is 2.41. The lowest BCUT2D eigenvalue weighted by molar-refractivity contribution is -0.130. The van der Waals surface area contributed by atoms with Crippen molar-refractivity contribution in [3.05, 3.63) is 23.9 Å². The van der Waals surface area contributed by atoms with Gasteiger partial charge in [0.2, 0.25) is 5.91 Å². The number of hydrogen-bond acceptors (Lipinski definition) is 2. The molecule has 0 aromatic carbocycles. The number of nitrogens with zero attached hydrogens (tertiary/aromatic N) is 2. The van der Waals surface area contributed by atoms with Crippen LogP contribution >= 0.6 is 0 Å². The molecule has 2 aliphatic rings. The van der Waals surface area contributed by atoms with Crippen LogP contribution in [0.1, 0.15) is 33.6 Å². The molecule has 1 fully saturated rings. The number of carbonyl (C=O) groups is 1. The quantitative estimate of drug-likeness (QED) is 0.698. The predicted molar refractivity (Wildman–Crippen MR) is 71.6 cm³/mol. The summed E-state index contributed by atoms with van der Waals surface area (Å²) in [6.45, 7) is 9.31. The Labute approximate surface area is 105 Å².